The monoisotopic (exact) mass is 274 g/mol. The van der Waals surface area contributed by atoms with E-state index in [-0.39, 0.29) is 5.41 Å². The minimum Gasteiger partial charge on any atom is -0.285 e. The molecule has 3 nitrogen and oxygen atoms in total. The van der Waals surface area contributed by atoms with E-state index in [0.29, 0.717) is 18.3 Å². The Morgan fingerprint density at radius 2 is 1.56 bits per heavy atom. The molecule has 0 bridgehead atoms. The van der Waals surface area contributed by atoms with Gasteiger partial charge in [0.2, 0.25) is 0 Å². The van der Waals surface area contributed by atoms with Crippen LogP contribution in [-0.4, -0.2) is 18.2 Å². The van der Waals surface area contributed by atoms with Gasteiger partial charge in [-0.1, -0.05) is 39.5 Å². The molecule has 2 fully saturated rings. The first kappa shape index (κ1) is 14.3. The molecular weight excluding hydrogens is 248 g/mol. The van der Waals surface area contributed by atoms with E-state index in [0.717, 1.165) is 12.8 Å². The van der Waals surface area contributed by atoms with Crippen molar-refractivity contribution >= 4 is 10.1 Å². The summed E-state index contributed by atoms with van der Waals surface area (Å²) in [4.78, 5) is 0. The quantitative estimate of drug-likeness (QED) is 0.779. The second-order valence-corrected chi connectivity index (χ2v) is 8.12. The maximum absolute atomic E-state index is 11.4. The highest BCUT2D eigenvalue weighted by Crippen LogP contribution is 2.62. The second kappa shape index (κ2) is 5.12. The fraction of sp³-hybridized carbons (Fsp3) is 1.00. The maximum atomic E-state index is 11.4. The first-order valence-corrected chi connectivity index (χ1v) is 8.88. The molecule has 0 amide bonds. The molecule has 0 heterocycles. The molecule has 18 heavy (non-hydrogen) atoms. The lowest BCUT2D eigenvalue weighted by molar-refractivity contribution is 0.161. The summed E-state index contributed by atoms with van der Waals surface area (Å²) >= 11 is 0. The highest BCUT2D eigenvalue weighted by atomic mass is 32.2. The van der Waals surface area contributed by atoms with Crippen LogP contribution in [0.5, 0.6) is 0 Å². The van der Waals surface area contributed by atoms with Gasteiger partial charge in [0.25, 0.3) is 10.1 Å². The molecular formula is C14H26O3S. The summed E-state index contributed by atoms with van der Waals surface area (Å²) in [5.74, 6) is 1.35. The van der Waals surface area contributed by atoms with Gasteiger partial charge >= 0.3 is 0 Å². The van der Waals surface area contributed by atoms with Crippen LogP contribution in [0.1, 0.15) is 65.2 Å². The summed E-state index contributed by atoms with van der Waals surface area (Å²) in [6.07, 6.45) is 8.78. The second-order valence-electron chi connectivity index (χ2n) is 6.52. The molecule has 4 heteroatoms. The molecule has 2 rings (SSSR count). The van der Waals surface area contributed by atoms with Crippen LogP contribution in [0.15, 0.2) is 0 Å². The summed E-state index contributed by atoms with van der Waals surface area (Å²) in [6.45, 7) is 4.40. The van der Waals surface area contributed by atoms with Crippen molar-refractivity contribution in [1.29, 1.82) is 0 Å². The van der Waals surface area contributed by atoms with Crippen molar-refractivity contribution < 1.29 is 13.0 Å². The molecule has 2 aliphatic rings. The molecule has 3 atom stereocenters. The van der Waals surface area contributed by atoms with Crippen molar-refractivity contribution in [2.24, 2.45) is 17.3 Å². The molecule has 1 spiro atoms. The van der Waals surface area contributed by atoms with Crippen molar-refractivity contribution in [1.82, 2.24) is 0 Å². The summed E-state index contributed by atoms with van der Waals surface area (Å²) < 4.78 is 32.0. The largest absolute Gasteiger partial charge is 0.285 e. The number of rotatable bonds is 5. The molecule has 0 aliphatic heterocycles. The van der Waals surface area contributed by atoms with Crippen LogP contribution >= 0.6 is 0 Å². The van der Waals surface area contributed by atoms with Gasteiger partial charge in [-0.05, 0) is 42.9 Å². The van der Waals surface area contributed by atoms with Gasteiger partial charge in [0.05, 0.1) is 5.25 Å². The molecule has 1 N–H and O–H groups in total. The van der Waals surface area contributed by atoms with Crippen molar-refractivity contribution in [3.05, 3.63) is 0 Å². The Morgan fingerprint density at radius 3 is 1.89 bits per heavy atom. The third kappa shape index (κ3) is 2.90. The van der Waals surface area contributed by atoms with Crippen LogP contribution in [0, 0.1) is 17.3 Å². The van der Waals surface area contributed by atoms with E-state index in [1.54, 1.807) is 0 Å². The first-order chi connectivity index (χ1) is 8.41. The lowest BCUT2D eigenvalue weighted by Gasteiger charge is -2.36. The Balaban J connectivity index is 2.07. The van der Waals surface area contributed by atoms with E-state index < -0.39 is 15.4 Å². The molecule has 0 aromatic rings. The Bertz CT molecular complexity index is 374. The number of hydrogen-bond acceptors (Lipinski definition) is 2. The van der Waals surface area contributed by atoms with Crippen LogP contribution in [0.4, 0.5) is 0 Å². The lowest BCUT2D eigenvalue weighted by atomic mass is 9.70. The summed E-state index contributed by atoms with van der Waals surface area (Å²) in [5, 5.41) is -0.455. The van der Waals surface area contributed by atoms with Gasteiger partial charge in [-0.3, -0.25) is 4.55 Å². The summed E-state index contributed by atoms with van der Waals surface area (Å²) in [7, 11) is -3.81. The molecule has 2 aliphatic carbocycles. The Labute approximate surface area is 111 Å². The fourth-order valence-electron chi connectivity index (χ4n) is 4.29. The van der Waals surface area contributed by atoms with Crippen LogP contribution in [0.25, 0.3) is 0 Å². The van der Waals surface area contributed by atoms with E-state index >= 15 is 0 Å². The summed E-state index contributed by atoms with van der Waals surface area (Å²) in [5.41, 5.74) is -0.0640. The van der Waals surface area contributed by atoms with Crippen molar-refractivity contribution in [2.75, 3.05) is 0 Å². The van der Waals surface area contributed by atoms with Crippen LogP contribution in [-0.2, 0) is 10.1 Å². The van der Waals surface area contributed by atoms with E-state index in [4.69, 9.17) is 0 Å². The zero-order valence-electron chi connectivity index (χ0n) is 11.6. The number of hydrogen-bond donors (Lipinski definition) is 1. The Morgan fingerprint density at radius 1 is 1.06 bits per heavy atom. The van der Waals surface area contributed by atoms with E-state index in [1.807, 2.05) is 0 Å². The van der Waals surface area contributed by atoms with Crippen molar-refractivity contribution in [3.63, 3.8) is 0 Å². The predicted molar refractivity (Wildman–Crippen MR) is 73.0 cm³/mol. The molecule has 2 saturated carbocycles. The van der Waals surface area contributed by atoms with Crippen LogP contribution < -0.4 is 0 Å². The van der Waals surface area contributed by atoms with Gasteiger partial charge in [0, 0.05) is 0 Å². The van der Waals surface area contributed by atoms with Crippen LogP contribution in [0.3, 0.4) is 0 Å². The van der Waals surface area contributed by atoms with Gasteiger partial charge < -0.3 is 0 Å². The topological polar surface area (TPSA) is 54.4 Å². The van der Waals surface area contributed by atoms with Crippen LogP contribution in [0.2, 0.25) is 0 Å². The van der Waals surface area contributed by atoms with Crippen molar-refractivity contribution in [2.45, 2.75) is 70.5 Å². The highest BCUT2D eigenvalue weighted by Gasteiger charge is 2.62. The third-order valence-corrected chi connectivity index (χ3v) is 6.31. The highest BCUT2D eigenvalue weighted by molar-refractivity contribution is 7.86. The summed E-state index contributed by atoms with van der Waals surface area (Å²) in [6, 6.07) is 0. The lowest BCUT2D eigenvalue weighted by Crippen LogP contribution is -2.28. The molecule has 0 radical (unpaired) electrons. The van der Waals surface area contributed by atoms with E-state index in [9.17, 15) is 13.0 Å². The van der Waals surface area contributed by atoms with Crippen molar-refractivity contribution in [3.8, 4) is 0 Å². The third-order valence-electron chi connectivity index (χ3n) is 4.93. The van der Waals surface area contributed by atoms with E-state index in [1.165, 1.54) is 32.1 Å². The molecule has 0 saturated heterocycles. The predicted octanol–water partition coefficient (Wildman–Crippen LogP) is 3.65. The Kier molecular flexibility index (Phi) is 4.07. The SMILES string of the molecule is CCCC1CC(CCC)CC2(C1)CC2S(=O)(=O)O. The van der Waals surface area contributed by atoms with Gasteiger partial charge in [-0.25, -0.2) is 0 Å². The molecule has 0 aromatic carbocycles. The average Bonchev–Trinajstić information content (AvgIpc) is 2.92. The normalized spacial score (nSPS) is 40.1. The first-order valence-electron chi connectivity index (χ1n) is 7.37. The molecule has 0 aromatic heterocycles. The Hall–Kier alpha value is -0.0900. The van der Waals surface area contributed by atoms with E-state index in [2.05, 4.69) is 13.8 Å². The van der Waals surface area contributed by atoms with Gasteiger partial charge in [-0.15, -0.1) is 0 Å². The standard InChI is InChI=1S/C14H26O3S/c1-3-5-11-7-12(6-4-2)9-14(8-11)10-13(14)18(15,16)17/h11-13H,3-10H2,1-2H3,(H,15,16,17). The van der Waals surface area contributed by atoms with Gasteiger partial charge in [0.1, 0.15) is 0 Å². The smallest absolute Gasteiger partial charge is 0.268 e. The maximum Gasteiger partial charge on any atom is 0.268 e. The zero-order valence-corrected chi connectivity index (χ0v) is 12.4. The average molecular weight is 274 g/mol. The molecule has 106 valence electrons. The minimum absolute atomic E-state index is 0.0640. The van der Waals surface area contributed by atoms with Gasteiger partial charge in [-0.2, -0.15) is 8.42 Å². The molecule has 3 unspecified atom stereocenters. The zero-order chi connectivity index (χ0) is 13.4. The fourth-order valence-corrected chi connectivity index (χ4v) is 5.66. The van der Waals surface area contributed by atoms with Gasteiger partial charge in [0.15, 0.2) is 0 Å². The minimum atomic E-state index is -3.81.